The van der Waals surface area contributed by atoms with Crippen LogP contribution in [-0.4, -0.2) is 11.1 Å². The normalized spacial score (nSPS) is 12.5. The van der Waals surface area contributed by atoms with Gasteiger partial charge in [0.2, 0.25) is 0 Å². The number of hydrogen-bond acceptors (Lipinski definition) is 1. The number of carbonyl (C=O) groups is 1. The molecule has 1 aromatic rings. The van der Waals surface area contributed by atoms with Crippen LogP contribution in [0.2, 0.25) is 0 Å². The topological polar surface area (TPSA) is 37.3 Å². The number of benzene rings is 1. The maximum absolute atomic E-state index is 10.9. The summed E-state index contributed by atoms with van der Waals surface area (Å²) in [5.74, 6) is -0.851. The molecule has 0 radical (unpaired) electrons. The lowest BCUT2D eigenvalue weighted by Crippen LogP contribution is -2.02. The van der Waals surface area contributed by atoms with E-state index in [-0.39, 0.29) is 4.83 Å². The summed E-state index contributed by atoms with van der Waals surface area (Å²) in [7, 11) is 0. The van der Waals surface area contributed by atoms with Gasteiger partial charge in [-0.15, -0.1) is 0 Å². The second-order valence-corrected chi connectivity index (χ2v) is 4.56. The molecule has 1 aromatic carbocycles. The number of carboxylic acids is 1. The number of alkyl halides is 1. The van der Waals surface area contributed by atoms with Gasteiger partial charge in [-0.25, -0.2) is 4.79 Å². The summed E-state index contributed by atoms with van der Waals surface area (Å²) < 4.78 is 0. The number of halogens is 1. The fourth-order valence-corrected chi connectivity index (χ4v) is 1.65. The van der Waals surface area contributed by atoms with E-state index in [1.54, 1.807) is 6.07 Å². The molecule has 0 aliphatic heterocycles. The van der Waals surface area contributed by atoms with Gasteiger partial charge in [-0.2, -0.15) is 0 Å². The Bertz CT molecular complexity index is 345. The lowest BCUT2D eigenvalue weighted by atomic mass is 10.0. The minimum atomic E-state index is -0.851. The van der Waals surface area contributed by atoms with Gasteiger partial charge in [-0.05, 0) is 30.5 Å². The zero-order valence-electron chi connectivity index (χ0n) is 8.25. The highest BCUT2D eigenvalue weighted by atomic mass is 79.9. The van der Waals surface area contributed by atoms with E-state index in [0.29, 0.717) is 5.56 Å². The van der Waals surface area contributed by atoms with Gasteiger partial charge in [0, 0.05) is 4.83 Å². The highest BCUT2D eigenvalue weighted by Crippen LogP contribution is 2.24. The van der Waals surface area contributed by atoms with Crippen LogP contribution in [0.3, 0.4) is 0 Å². The van der Waals surface area contributed by atoms with Gasteiger partial charge in [0.25, 0.3) is 0 Å². The first-order valence-electron chi connectivity index (χ1n) is 4.56. The van der Waals surface area contributed by atoms with Crippen LogP contribution in [0.1, 0.15) is 40.2 Å². The first-order valence-corrected chi connectivity index (χ1v) is 5.48. The van der Waals surface area contributed by atoms with Gasteiger partial charge in [0.15, 0.2) is 0 Å². The highest BCUT2D eigenvalue weighted by molar-refractivity contribution is 9.09. The Morgan fingerprint density at radius 1 is 1.57 bits per heavy atom. The van der Waals surface area contributed by atoms with Gasteiger partial charge < -0.3 is 5.11 Å². The molecule has 0 fully saturated rings. The molecule has 0 saturated heterocycles. The Morgan fingerprint density at radius 3 is 2.64 bits per heavy atom. The highest BCUT2D eigenvalue weighted by Gasteiger charge is 2.10. The second-order valence-electron chi connectivity index (χ2n) is 3.19. The molecule has 1 atom stereocenters. The molecule has 1 unspecified atom stereocenters. The molecule has 1 N–H and O–H groups in total. The van der Waals surface area contributed by atoms with Gasteiger partial charge >= 0.3 is 5.97 Å². The smallest absolute Gasteiger partial charge is 0.335 e. The average Bonchev–Trinajstić information content (AvgIpc) is 2.16. The van der Waals surface area contributed by atoms with Crippen molar-refractivity contribution in [3.05, 3.63) is 34.9 Å². The quantitative estimate of drug-likeness (QED) is 0.842. The average molecular weight is 257 g/mol. The number of carboxylic acid groups (broad SMARTS) is 1. The fourth-order valence-electron chi connectivity index (χ4n) is 1.36. The van der Waals surface area contributed by atoms with E-state index in [0.717, 1.165) is 17.5 Å². The van der Waals surface area contributed by atoms with Crippen molar-refractivity contribution in [1.29, 1.82) is 0 Å². The van der Waals surface area contributed by atoms with Crippen molar-refractivity contribution in [2.24, 2.45) is 0 Å². The maximum atomic E-state index is 10.9. The Balaban J connectivity index is 3.18. The molecule has 0 aliphatic carbocycles. The fraction of sp³-hybridized carbons (Fsp3) is 0.364. The summed E-state index contributed by atoms with van der Waals surface area (Å²) in [6.07, 6.45) is 0.745. The molecule has 0 spiro atoms. The molecule has 0 amide bonds. The van der Waals surface area contributed by atoms with E-state index in [9.17, 15) is 4.79 Å². The molecule has 3 heteroatoms. The van der Waals surface area contributed by atoms with Crippen molar-refractivity contribution >= 4 is 21.9 Å². The van der Waals surface area contributed by atoms with Crippen LogP contribution in [0.5, 0.6) is 0 Å². The largest absolute Gasteiger partial charge is 0.478 e. The van der Waals surface area contributed by atoms with Crippen LogP contribution in [0.4, 0.5) is 0 Å². The Labute approximate surface area is 92.1 Å². The molecule has 0 aromatic heterocycles. The first-order chi connectivity index (χ1) is 6.56. The Morgan fingerprint density at radius 2 is 2.21 bits per heavy atom. The van der Waals surface area contributed by atoms with Crippen LogP contribution in [0.25, 0.3) is 0 Å². The van der Waals surface area contributed by atoms with Crippen LogP contribution < -0.4 is 0 Å². The summed E-state index contributed by atoms with van der Waals surface area (Å²) in [6.45, 7) is 3.99. The summed E-state index contributed by atoms with van der Waals surface area (Å²) in [5, 5.41) is 8.91. The van der Waals surface area contributed by atoms with E-state index in [4.69, 9.17) is 5.11 Å². The molecule has 0 saturated carbocycles. The summed E-state index contributed by atoms with van der Waals surface area (Å²) in [4.78, 5) is 11.1. The van der Waals surface area contributed by atoms with Crippen LogP contribution >= 0.6 is 15.9 Å². The van der Waals surface area contributed by atoms with E-state index in [1.165, 1.54) is 0 Å². The number of hydrogen-bond donors (Lipinski definition) is 1. The maximum Gasteiger partial charge on any atom is 0.335 e. The Kier molecular flexibility index (Phi) is 3.69. The van der Waals surface area contributed by atoms with Crippen LogP contribution in [0, 0.1) is 0 Å². The molecule has 0 bridgehead atoms. The van der Waals surface area contributed by atoms with Gasteiger partial charge in [-0.3, -0.25) is 0 Å². The first kappa shape index (κ1) is 11.2. The third-order valence-corrected chi connectivity index (χ3v) is 2.73. The molecular formula is C11H13BrO2. The van der Waals surface area contributed by atoms with Crippen LogP contribution in [0.15, 0.2) is 18.2 Å². The summed E-state index contributed by atoms with van der Waals surface area (Å²) in [5.41, 5.74) is 2.41. The van der Waals surface area contributed by atoms with Gasteiger partial charge in [0.1, 0.15) is 0 Å². The Hall–Kier alpha value is -0.830. The standard InChI is InChI=1S/C11H13BrO2/c1-3-8-6-9(7(2)12)4-5-10(8)11(13)14/h4-7H,3H2,1-2H3,(H,13,14). The van der Waals surface area contributed by atoms with Crippen molar-refractivity contribution in [2.75, 3.05) is 0 Å². The van der Waals surface area contributed by atoms with Crippen molar-refractivity contribution in [3.8, 4) is 0 Å². The molecule has 14 heavy (non-hydrogen) atoms. The third kappa shape index (κ3) is 2.35. The molecule has 0 aliphatic rings. The van der Waals surface area contributed by atoms with Gasteiger partial charge in [-0.1, -0.05) is 35.0 Å². The predicted octanol–water partition coefficient (Wildman–Crippen LogP) is 3.40. The van der Waals surface area contributed by atoms with Crippen molar-refractivity contribution in [1.82, 2.24) is 0 Å². The van der Waals surface area contributed by atoms with E-state index >= 15 is 0 Å². The summed E-state index contributed by atoms with van der Waals surface area (Å²) in [6, 6.07) is 5.47. The van der Waals surface area contributed by atoms with E-state index in [1.807, 2.05) is 26.0 Å². The second kappa shape index (κ2) is 4.60. The lowest BCUT2D eigenvalue weighted by Gasteiger charge is -2.08. The van der Waals surface area contributed by atoms with Gasteiger partial charge in [0.05, 0.1) is 5.56 Å². The zero-order valence-corrected chi connectivity index (χ0v) is 9.84. The number of rotatable bonds is 3. The summed E-state index contributed by atoms with van der Waals surface area (Å²) >= 11 is 3.46. The van der Waals surface area contributed by atoms with Crippen molar-refractivity contribution in [2.45, 2.75) is 25.1 Å². The molecular weight excluding hydrogens is 244 g/mol. The molecule has 1 rings (SSSR count). The SMILES string of the molecule is CCc1cc(C(C)Br)ccc1C(=O)O. The molecule has 0 heterocycles. The number of aryl methyl sites for hydroxylation is 1. The minimum Gasteiger partial charge on any atom is -0.478 e. The zero-order chi connectivity index (χ0) is 10.7. The third-order valence-electron chi connectivity index (χ3n) is 2.20. The predicted molar refractivity (Wildman–Crippen MR) is 60.1 cm³/mol. The monoisotopic (exact) mass is 256 g/mol. The molecule has 76 valence electrons. The number of aromatic carboxylic acids is 1. The molecule has 2 nitrogen and oxygen atoms in total. The van der Waals surface area contributed by atoms with E-state index < -0.39 is 5.97 Å². The minimum absolute atomic E-state index is 0.260. The van der Waals surface area contributed by atoms with Crippen molar-refractivity contribution < 1.29 is 9.90 Å². The van der Waals surface area contributed by atoms with Crippen LogP contribution in [-0.2, 0) is 6.42 Å². The lowest BCUT2D eigenvalue weighted by molar-refractivity contribution is 0.0695. The van der Waals surface area contributed by atoms with E-state index in [2.05, 4.69) is 15.9 Å². The van der Waals surface area contributed by atoms with Crippen molar-refractivity contribution in [3.63, 3.8) is 0 Å².